The smallest absolute Gasteiger partial charge is 0.125 e. The van der Waals surface area contributed by atoms with Gasteiger partial charge in [-0.1, -0.05) is 13.8 Å². The van der Waals surface area contributed by atoms with Crippen LogP contribution in [0.1, 0.15) is 32.3 Å². The van der Waals surface area contributed by atoms with E-state index in [1.165, 1.54) is 18.9 Å². The number of halogens is 1. The lowest BCUT2D eigenvalue weighted by Gasteiger charge is -2.27. The van der Waals surface area contributed by atoms with Crippen LogP contribution in [0.25, 0.3) is 0 Å². The molecule has 0 unspecified atom stereocenters. The number of benzene rings is 1. The highest BCUT2D eigenvalue weighted by Gasteiger charge is 2.29. The average Bonchev–Trinajstić information content (AvgIpc) is 3.08. The molecule has 0 amide bonds. The SMILES string of the molecule is CC(C)CN(c1cc(F)cc(CO)c1)C1CC1. The molecule has 2 nitrogen and oxygen atoms in total. The monoisotopic (exact) mass is 237 g/mol. The Morgan fingerprint density at radius 3 is 2.59 bits per heavy atom. The van der Waals surface area contributed by atoms with Crippen LogP contribution in [0.15, 0.2) is 18.2 Å². The van der Waals surface area contributed by atoms with Crippen molar-refractivity contribution in [1.82, 2.24) is 0 Å². The summed E-state index contributed by atoms with van der Waals surface area (Å²) in [5, 5.41) is 9.12. The normalized spacial score (nSPS) is 15.4. The second-order valence-corrected chi connectivity index (χ2v) is 5.25. The van der Waals surface area contributed by atoms with Crippen molar-refractivity contribution in [3.05, 3.63) is 29.6 Å². The molecule has 0 bridgehead atoms. The molecule has 0 heterocycles. The van der Waals surface area contributed by atoms with Gasteiger partial charge in [0, 0.05) is 18.3 Å². The maximum Gasteiger partial charge on any atom is 0.125 e. The molecule has 0 atom stereocenters. The summed E-state index contributed by atoms with van der Waals surface area (Å²) in [6.45, 7) is 5.17. The van der Waals surface area contributed by atoms with Crippen LogP contribution < -0.4 is 4.90 Å². The lowest BCUT2D eigenvalue weighted by atomic mass is 10.1. The molecular formula is C14H20FNO. The minimum Gasteiger partial charge on any atom is -0.392 e. The van der Waals surface area contributed by atoms with Crippen LogP contribution in [0.2, 0.25) is 0 Å². The van der Waals surface area contributed by atoms with Gasteiger partial charge in [0.05, 0.1) is 6.61 Å². The Morgan fingerprint density at radius 2 is 2.06 bits per heavy atom. The molecule has 3 heteroatoms. The fourth-order valence-electron chi connectivity index (χ4n) is 2.14. The van der Waals surface area contributed by atoms with Crippen molar-refractivity contribution in [3.63, 3.8) is 0 Å². The lowest BCUT2D eigenvalue weighted by molar-refractivity contribution is 0.281. The van der Waals surface area contributed by atoms with Crippen LogP contribution >= 0.6 is 0 Å². The third-order valence-corrected chi connectivity index (χ3v) is 3.01. The number of aliphatic hydroxyl groups excluding tert-OH is 1. The van der Waals surface area contributed by atoms with E-state index in [-0.39, 0.29) is 12.4 Å². The number of nitrogens with zero attached hydrogens (tertiary/aromatic N) is 1. The molecule has 1 N–H and O–H groups in total. The second kappa shape index (κ2) is 5.05. The molecule has 0 radical (unpaired) electrons. The predicted octanol–water partition coefficient (Wildman–Crippen LogP) is 2.94. The Balaban J connectivity index is 2.25. The average molecular weight is 237 g/mol. The van der Waals surface area contributed by atoms with Gasteiger partial charge in [0.1, 0.15) is 5.82 Å². The quantitative estimate of drug-likeness (QED) is 0.851. The molecule has 94 valence electrons. The first-order valence-corrected chi connectivity index (χ1v) is 6.27. The van der Waals surface area contributed by atoms with E-state index in [0.717, 1.165) is 12.2 Å². The molecule has 1 aromatic rings. The van der Waals surface area contributed by atoms with Gasteiger partial charge in [-0.15, -0.1) is 0 Å². The largest absolute Gasteiger partial charge is 0.392 e. The summed E-state index contributed by atoms with van der Waals surface area (Å²) in [7, 11) is 0. The van der Waals surface area contributed by atoms with Gasteiger partial charge in [0.15, 0.2) is 0 Å². The van der Waals surface area contributed by atoms with Gasteiger partial charge in [0.2, 0.25) is 0 Å². The second-order valence-electron chi connectivity index (χ2n) is 5.25. The molecule has 2 rings (SSSR count). The summed E-state index contributed by atoms with van der Waals surface area (Å²) in [5.41, 5.74) is 1.56. The Bertz CT molecular complexity index is 388. The van der Waals surface area contributed by atoms with Crippen molar-refractivity contribution in [3.8, 4) is 0 Å². The number of hydrogen-bond donors (Lipinski definition) is 1. The molecule has 0 aliphatic heterocycles. The maximum absolute atomic E-state index is 13.5. The van der Waals surface area contributed by atoms with Gasteiger partial charge in [0.25, 0.3) is 0 Å². The highest BCUT2D eigenvalue weighted by molar-refractivity contribution is 5.51. The molecule has 17 heavy (non-hydrogen) atoms. The highest BCUT2D eigenvalue weighted by Crippen LogP contribution is 2.33. The van der Waals surface area contributed by atoms with Crippen molar-refractivity contribution in [2.24, 2.45) is 5.92 Å². The molecule has 1 aliphatic rings. The third-order valence-electron chi connectivity index (χ3n) is 3.01. The zero-order valence-corrected chi connectivity index (χ0v) is 10.5. The van der Waals surface area contributed by atoms with Gasteiger partial charge in [-0.3, -0.25) is 0 Å². The van der Waals surface area contributed by atoms with E-state index in [4.69, 9.17) is 5.11 Å². The van der Waals surface area contributed by atoms with Crippen LogP contribution in [0.4, 0.5) is 10.1 Å². The molecule has 0 aromatic heterocycles. The van der Waals surface area contributed by atoms with Crippen LogP contribution in [0.5, 0.6) is 0 Å². The van der Waals surface area contributed by atoms with Gasteiger partial charge in [-0.05, 0) is 42.5 Å². The van der Waals surface area contributed by atoms with Crippen LogP contribution in [0, 0.1) is 11.7 Å². The first-order chi connectivity index (χ1) is 8.10. The van der Waals surface area contributed by atoms with Gasteiger partial charge < -0.3 is 10.0 Å². The first-order valence-electron chi connectivity index (χ1n) is 6.27. The topological polar surface area (TPSA) is 23.5 Å². The van der Waals surface area contributed by atoms with Crippen LogP contribution in [0.3, 0.4) is 0 Å². The molecule has 1 saturated carbocycles. The number of anilines is 1. The number of hydrogen-bond acceptors (Lipinski definition) is 2. The summed E-state index contributed by atoms with van der Waals surface area (Å²) in [6.07, 6.45) is 2.38. The summed E-state index contributed by atoms with van der Waals surface area (Å²) in [6, 6.07) is 5.42. The zero-order valence-electron chi connectivity index (χ0n) is 10.5. The van der Waals surface area contributed by atoms with Crippen molar-refractivity contribution in [2.45, 2.75) is 39.3 Å². The fourth-order valence-corrected chi connectivity index (χ4v) is 2.14. The summed E-state index contributed by atoms with van der Waals surface area (Å²) < 4.78 is 13.5. The third kappa shape index (κ3) is 3.19. The molecular weight excluding hydrogens is 217 g/mol. The minimum absolute atomic E-state index is 0.106. The standard InChI is InChI=1S/C14H20FNO/c1-10(2)8-16(13-3-4-13)14-6-11(9-17)5-12(15)7-14/h5-7,10,13,17H,3-4,8-9H2,1-2H3. The van der Waals surface area contributed by atoms with E-state index < -0.39 is 0 Å². The Labute approximate surface area is 102 Å². The number of rotatable bonds is 5. The molecule has 1 aromatic carbocycles. The minimum atomic E-state index is -0.263. The molecule has 0 saturated heterocycles. The van der Waals surface area contributed by atoms with Crippen molar-refractivity contribution < 1.29 is 9.50 Å². The van der Waals surface area contributed by atoms with E-state index in [1.807, 2.05) is 6.07 Å². The van der Waals surface area contributed by atoms with Gasteiger partial charge in [-0.25, -0.2) is 4.39 Å². The highest BCUT2D eigenvalue weighted by atomic mass is 19.1. The van der Waals surface area contributed by atoms with Gasteiger partial charge >= 0.3 is 0 Å². The van der Waals surface area contributed by atoms with Crippen molar-refractivity contribution in [2.75, 3.05) is 11.4 Å². The first kappa shape index (κ1) is 12.4. The summed E-state index contributed by atoms with van der Waals surface area (Å²) in [5.74, 6) is 0.289. The molecule has 0 spiro atoms. The Hall–Kier alpha value is -1.09. The summed E-state index contributed by atoms with van der Waals surface area (Å²) in [4.78, 5) is 2.27. The van der Waals surface area contributed by atoms with E-state index >= 15 is 0 Å². The Morgan fingerprint density at radius 1 is 1.35 bits per heavy atom. The van der Waals surface area contributed by atoms with Crippen LogP contribution in [-0.2, 0) is 6.61 Å². The predicted molar refractivity (Wildman–Crippen MR) is 67.5 cm³/mol. The van der Waals surface area contributed by atoms with Crippen molar-refractivity contribution in [1.29, 1.82) is 0 Å². The maximum atomic E-state index is 13.5. The summed E-state index contributed by atoms with van der Waals surface area (Å²) >= 11 is 0. The van der Waals surface area contributed by atoms with E-state index in [1.54, 1.807) is 6.07 Å². The zero-order chi connectivity index (χ0) is 12.4. The molecule has 1 aliphatic carbocycles. The Kier molecular flexibility index (Phi) is 3.67. The van der Waals surface area contributed by atoms with E-state index in [9.17, 15) is 4.39 Å². The fraction of sp³-hybridized carbons (Fsp3) is 0.571. The lowest BCUT2D eigenvalue weighted by Crippen LogP contribution is -2.29. The van der Waals surface area contributed by atoms with E-state index in [2.05, 4.69) is 18.7 Å². The number of aliphatic hydroxyl groups is 1. The van der Waals surface area contributed by atoms with Crippen molar-refractivity contribution >= 4 is 5.69 Å². The van der Waals surface area contributed by atoms with Crippen LogP contribution in [-0.4, -0.2) is 17.7 Å². The molecule has 1 fully saturated rings. The van der Waals surface area contributed by atoms with E-state index in [0.29, 0.717) is 17.5 Å². The van der Waals surface area contributed by atoms with Gasteiger partial charge in [-0.2, -0.15) is 0 Å².